The zero-order valence-corrected chi connectivity index (χ0v) is 54.7. The van der Waals surface area contributed by atoms with Crippen molar-refractivity contribution in [3.05, 3.63) is 85.1 Å². The number of hydrogen-bond acceptors (Lipinski definition) is 10. The van der Waals surface area contributed by atoms with Gasteiger partial charge in [-0.2, -0.15) is 0 Å². The molecule has 0 aromatic rings. The summed E-state index contributed by atoms with van der Waals surface area (Å²) in [6, 6.07) is -1.05. The van der Waals surface area contributed by atoms with Crippen molar-refractivity contribution in [2.75, 3.05) is 13.2 Å². The van der Waals surface area contributed by atoms with Gasteiger partial charge in [0.1, 0.15) is 24.4 Å². The monoisotopic (exact) mass is 1190 g/mol. The lowest BCUT2D eigenvalue weighted by Crippen LogP contribution is -2.61. The highest BCUT2D eigenvalue weighted by atomic mass is 16.7. The van der Waals surface area contributed by atoms with Crippen LogP contribution in [0.3, 0.4) is 0 Å². The van der Waals surface area contributed by atoms with E-state index in [4.69, 9.17) is 14.2 Å². The molecule has 0 saturated carbocycles. The van der Waals surface area contributed by atoms with Crippen LogP contribution < -0.4 is 5.32 Å². The highest BCUT2D eigenvalue weighted by Crippen LogP contribution is 2.26. The predicted molar refractivity (Wildman–Crippen MR) is 356 cm³/mol. The van der Waals surface area contributed by atoms with Crippen LogP contribution in [0.15, 0.2) is 85.1 Å². The molecule has 1 fully saturated rings. The van der Waals surface area contributed by atoms with Gasteiger partial charge in [-0.25, -0.2) is 0 Å². The Hall–Kier alpha value is -3.16. The molecule has 1 aliphatic heterocycles. The lowest BCUT2D eigenvalue weighted by molar-refractivity contribution is -0.305. The molecule has 1 amide bonds. The Morgan fingerprint density at radius 2 is 0.847 bits per heavy atom. The predicted octanol–water partition coefficient (Wildman–Crippen LogP) is 18.1. The zero-order chi connectivity index (χ0) is 61.7. The number of nitrogens with one attached hydrogen (secondary N) is 1. The normalized spacial score (nSPS) is 18.9. The lowest BCUT2D eigenvalue weighted by atomic mass is 9.99. The second-order valence-corrected chi connectivity index (χ2v) is 24.2. The van der Waals surface area contributed by atoms with E-state index in [1.807, 2.05) is 6.08 Å². The number of rotatable bonds is 60. The fraction of sp³-hybridized carbons (Fsp3) is 0.784. The number of amides is 1. The van der Waals surface area contributed by atoms with E-state index in [0.29, 0.717) is 12.8 Å². The van der Waals surface area contributed by atoms with Gasteiger partial charge in [0.2, 0.25) is 5.91 Å². The van der Waals surface area contributed by atoms with E-state index in [0.717, 1.165) is 89.9 Å². The second-order valence-electron chi connectivity index (χ2n) is 24.2. The Labute approximate surface area is 521 Å². The summed E-state index contributed by atoms with van der Waals surface area (Å²) in [6.45, 7) is 5.67. The van der Waals surface area contributed by atoms with Crippen molar-refractivity contribution in [3.63, 3.8) is 0 Å². The second kappa shape index (κ2) is 61.1. The number of carbonyl (C=O) groups is 2. The van der Waals surface area contributed by atoms with Gasteiger partial charge >= 0.3 is 5.97 Å². The third-order valence-corrected chi connectivity index (χ3v) is 16.3. The molecule has 1 rings (SSSR count). The van der Waals surface area contributed by atoms with Gasteiger partial charge in [0.25, 0.3) is 0 Å². The molecular weight excluding hydrogens is 1060 g/mol. The van der Waals surface area contributed by atoms with Crippen LogP contribution in [0.5, 0.6) is 0 Å². The van der Waals surface area contributed by atoms with Crippen LogP contribution in [0.2, 0.25) is 0 Å². The molecule has 11 heteroatoms. The summed E-state index contributed by atoms with van der Waals surface area (Å²) in [7, 11) is 0. The van der Waals surface area contributed by atoms with Gasteiger partial charge in [0, 0.05) is 6.42 Å². The first kappa shape index (κ1) is 79.9. The van der Waals surface area contributed by atoms with Crippen LogP contribution >= 0.6 is 0 Å². The molecule has 492 valence electrons. The molecule has 8 atom stereocenters. The van der Waals surface area contributed by atoms with Gasteiger partial charge in [-0.1, -0.05) is 292 Å². The largest absolute Gasteiger partial charge is 0.454 e. The number of hydrogen-bond donors (Lipinski definition) is 6. The van der Waals surface area contributed by atoms with E-state index in [9.17, 15) is 35.1 Å². The first-order chi connectivity index (χ1) is 41.7. The Morgan fingerprint density at radius 1 is 0.471 bits per heavy atom. The summed E-state index contributed by atoms with van der Waals surface area (Å²) < 4.78 is 17.7. The van der Waals surface area contributed by atoms with E-state index in [-0.39, 0.29) is 19.4 Å². The van der Waals surface area contributed by atoms with Gasteiger partial charge < -0.3 is 45.1 Å². The smallest absolute Gasteiger partial charge is 0.306 e. The molecular formula is C74H131NO10. The number of ether oxygens (including phenoxy) is 3. The number of aliphatic hydroxyl groups is 5. The fourth-order valence-corrected chi connectivity index (χ4v) is 10.7. The fourth-order valence-electron chi connectivity index (χ4n) is 10.7. The maximum absolute atomic E-state index is 13.4. The number of aliphatic hydroxyl groups excluding tert-OH is 5. The Bertz CT molecular complexity index is 1710. The lowest BCUT2D eigenvalue weighted by Gasteiger charge is -2.41. The Morgan fingerprint density at radius 3 is 1.28 bits per heavy atom. The molecule has 0 radical (unpaired) electrons. The van der Waals surface area contributed by atoms with Gasteiger partial charge in [-0.15, -0.1) is 0 Å². The number of esters is 1. The van der Waals surface area contributed by atoms with Crippen LogP contribution in [0.25, 0.3) is 0 Å². The number of unbranched alkanes of at least 4 members (excludes halogenated alkanes) is 34. The summed E-state index contributed by atoms with van der Waals surface area (Å²) in [4.78, 5) is 26.6. The zero-order valence-electron chi connectivity index (χ0n) is 54.7. The molecule has 0 spiro atoms. The van der Waals surface area contributed by atoms with E-state index in [1.54, 1.807) is 6.08 Å². The molecule has 0 bridgehead atoms. The first-order valence-electron chi connectivity index (χ1n) is 35.4. The van der Waals surface area contributed by atoms with Crippen LogP contribution in [-0.4, -0.2) is 99.6 Å². The maximum Gasteiger partial charge on any atom is 0.306 e. The minimum Gasteiger partial charge on any atom is -0.454 e. The van der Waals surface area contributed by atoms with Crippen molar-refractivity contribution in [1.29, 1.82) is 0 Å². The standard InChI is InChI=1S/C74H131NO10/c1-4-7-10-13-16-19-22-24-26-28-30-31-32-33-34-35-36-37-38-40-42-44-47-50-53-56-59-62-69(79)85-72-71(81)70(80)68(63-76)84-74(72)83-64-65(66(77)60-57-54-51-48-45-21-18-15-12-9-6-3)75-73(82)67(78)61-58-55-52-49-46-43-41-39-29-27-25-23-20-17-14-11-8-5-2/h8,11,17,20,24-27,39,41,46,49,57,60,65-68,70-72,74,76-78,80-81H,4-7,9-10,12-16,18-19,21-23,28-38,40,42-45,47-48,50-56,58-59,61-64H2,1-3H3,(H,75,82)/b11-8-,20-17-,26-24+,27-25-,41-39-,49-46-,60-57+. The van der Waals surface area contributed by atoms with Crippen LogP contribution in [0.1, 0.15) is 310 Å². The highest BCUT2D eigenvalue weighted by molar-refractivity contribution is 5.80. The van der Waals surface area contributed by atoms with Gasteiger partial charge in [-0.05, 0) is 96.3 Å². The minimum absolute atomic E-state index is 0.119. The molecule has 11 nitrogen and oxygen atoms in total. The molecule has 85 heavy (non-hydrogen) atoms. The summed E-state index contributed by atoms with van der Waals surface area (Å²) in [6.07, 6.45) is 70.7. The third kappa shape index (κ3) is 48.4. The van der Waals surface area contributed by atoms with E-state index >= 15 is 0 Å². The number of carbonyl (C=O) groups excluding carboxylic acids is 2. The van der Waals surface area contributed by atoms with E-state index in [2.05, 4.69) is 99.0 Å². The van der Waals surface area contributed by atoms with Crippen molar-refractivity contribution in [2.24, 2.45) is 0 Å². The van der Waals surface area contributed by atoms with Gasteiger partial charge in [0.15, 0.2) is 12.4 Å². The molecule has 0 aromatic carbocycles. The van der Waals surface area contributed by atoms with Crippen molar-refractivity contribution < 1.29 is 49.3 Å². The quantitative estimate of drug-likeness (QED) is 0.0195. The Kier molecular flexibility index (Phi) is 57.4. The van der Waals surface area contributed by atoms with Gasteiger partial charge in [-0.3, -0.25) is 9.59 Å². The molecule has 8 unspecified atom stereocenters. The van der Waals surface area contributed by atoms with Crippen molar-refractivity contribution in [3.8, 4) is 0 Å². The molecule has 0 aromatic heterocycles. The van der Waals surface area contributed by atoms with Gasteiger partial charge in [0.05, 0.1) is 25.4 Å². The summed E-state index contributed by atoms with van der Waals surface area (Å²) in [5.74, 6) is -1.22. The number of allylic oxidation sites excluding steroid dienone is 13. The molecule has 1 aliphatic rings. The van der Waals surface area contributed by atoms with Crippen LogP contribution in [-0.2, 0) is 23.8 Å². The van der Waals surface area contributed by atoms with Crippen molar-refractivity contribution in [2.45, 2.75) is 359 Å². The molecule has 0 aliphatic carbocycles. The van der Waals surface area contributed by atoms with E-state index < -0.39 is 67.4 Å². The minimum atomic E-state index is -1.62. The third-order valence-electron chi connectivity index (χ3n) is 16.3. The highest BCUT2D eigenvalue weighted by Gasteiger charge is 2.47. The van der Waals surface area contributed by atoms with Crippen molar-refractivity contribution >= 4 is 11.9 Å². The molecule has 6 N–H and O–H groups in total. The molecule has 1 heterocycles. The summed E-state index contributed by atoms with van der Waals surface area (Å²) in [5, 5.41) is 57.1. The first-order valence-corrected chi connectivity index (χ1v) is 35.4. The average Bonchev–Trinajstić information content (AvgIpc) is 3.51. The average molecular weight is 1190 g/mol. The maximum atomic E-state index is 13.4. The summed E-state index contributed by atoms with van der Waals surface area (Å²) >= 11 is 0. The SMILES string of the molecule is CC/C=C\C/C=C\C/C=C\C/C=C\C/C=C\CCCCC(O)C(=O)NC(COC1OC(CO)C(O)C(O)C1OC(=O)CCCCCCCCCCCCCCCCCCC/C=C/CCCCCCCC)C(O)/C=C/CCCCCCCCCCC. The van der Waals surface area contributed by atoms with E-state index in [1.165, 1.54) is 173 Å². The van der Waals surface area contributed by atoms with Crippen LogP contribution in [0.4, 0.5) is 0 Å². The summed E-state index contributed by atoms with van der Waals surface area (Å²) in [5.41, 5.74) is 0. The Balaban J connectivity index is 2.55. The molecule has 1 saturated heterocycles. The topological polar surface area (TPSA) is 175 Å². The van der Waals surface area contributed by atoms with Crippen molar-refractivity contribution in [1.82, 2.24) is 5.32 Å². The van der Waals surface area contributed by atoms with Crippen LogP contribution in [0, 0.1) is 0 Å².